The van der Waals surface area contributed by atoms with Gasteiger partial charge in [-0.15, -0.1) is 0 Å². The molecular weight excluding hydrogens is 438 g/mol. The fraction of sp³-hybridized carbons (Fsp3) is 0.240. The van der Waals surface area contributed by atoms with Gasteiger partial charge >= 0.3 is 0 Å². The van der Waals surface area contributed by atoms with Gasteiger partial charge in [-0.05, 0) is 67.2 Å². The SMILES string of the molecule is CCCCCOc1ccc(C(=O)NC(=S)Nc2ccccc2C(=O)NCc2ccco2)cc1. The van der Waals surface area contributed by atoms with Crippen LogP contribution in [-0.4, -0.2) is 23.5 Å². The van der Waals surface area contributed by atoms with Crippen molar-refractivity contribution in [3.63, 3.8) is 0 Å². The number of hydrogen-bond donors (Lipinski definition) is 3. The zero-order chi connectivity index (χ0) is 23.5. The second-order valence-electron chi connectivity index (χ2n) is 7.30. The van der Waals surface area contributed by atoms with Crippen LogP contribution in [0, 0.1) is 0 Å². The Bertz CT molecular complexity index is 1070. The molecule has 0 fully saturated rings. The first-order valence-electron chi connectivity index (χ1n) is 10.8. The van der Waals surface area contributed by atoms with Gasteiger partial charge in [0.05, 0.1) is 30.7 Å². The summed E-state index contributed by atoms with van der Waals surface area (Å²) in [7, 11) is 0. The third-order valence-corrected chi connectivity index (χ3v) is 4.99. The van der Waals surface area contributed by atoms with Crippen LogP contribution < -0.4 is 20.7 Å². The number of thiocarbonyl (C=S) groups is 1. The lowest BCUT2D eigenvalue weighted by atomic mass is 10.1. The van der Waals surface area contributed by atoms with Gasteiger partial charge in [-0.1, -0.05) is 31.9 Å². The summed E-state index contributed by atoms with van der Waals surface area (Å²) in [5.74, 6) is 0.717. The summed E-state index contributed by atoms with van der Waals surface area (Å²) in [6, 6.07) is 17.3. The Labute approximate surface area is 198 Å². The number of anilines is 1. The highest BCUT2D eigenvalue weighted by Crippen LogP contribution is 2.16. The molecule has 0 aliphatic carbocycles. The fourth-order valence-corrected chi connectivity index (χ4v) is 3.24. The molecule has 1 aromatic heterocycles. The van der Waals surface area contributed by atoms with E-state index in [1.807, 2.05) is 0 Å². The smallest absolute Gasteiger partial charge is 0.257 e. The van der Waals surface area contributed by atoms with Crippen LogP contribution in [0.3, 0.4) is 0 Å². The van der Waals surface area contributed by atoms with E-state index in [2.05, 4.69) is 22.9 Å². The molecule has 0 aliphatic heterocycles. The highest BCUT2D eigenvalue weighted by Gasteiger charge is 2.14. The zero-order valence-electron chi connectivity index (χ0n) is 18.4. The van der Waals surface area contributed by atoms with Crippen LogP contribution in [0.1, 0.15) is 52.7 Å². The highest BCUT2D eigenvalue weighted by atomic mass is 32.1. The van der Waals surface area contributed by atoms with Gasteiger partial charge < -0.3 is 19.8 Å². The van der Waals surface area contributed by atoms with Crippen molar-refractivity contribution in [3.05, 3.63) is 83.8 Å². The predicted molar refractivity (Wildman–Crippen MR) is 131 cm³/mol. The number of amides is 2. The first-order valence-corrected chi connectivity index (χ1v) is 11.2. The zero-order valence-corrected chi connectivity index (χ0v) is 19.2. The third kappa shape index (κ3) is 7.47. The van der Waals surface area contributed by atoms with Crippen LogP contribution >= 0.6 is 12.2 Å². The van der Waals surface area contributed by atoms with Gasteiger partial charge in [0.25, 0.3) is 11.8 Å². The molecule has 0 atom stereocenters. The molecule has 0 unspecified atom stereocenters. The van der Waals surface area contributed by atoms with E-state index in [9.17, 15) is 9.59 Å². The Balaban J connectivity index is 1.54. The minimum Gasteiger partial charge on any atom is -0.494 e. The molecule has 3 N–H and O–H groups in total. The van der Waals surface area contributed by atoms with Crippen LogP contribution in [0.5, 0.6) is 5.75 Å². The van der Waals surface area contributed by atoms with Crippen molar-refractivity contribution in [3.8, 4) is 5.75 Å². The molecular formula is C25H27N3O4S. The third-order valence-electron chi connectivity index (χ3n) is 4.78. The summed E-state index contributed by atoms with van der Waals surface area (Å²) in [6.07, 6.45) is 4.81. The van der Waals surface area contributed by atoms with E-state index in [4.69, 9.17) is 21.4 Å². The number of rotatable bonds is 10. The van der Waals surface area contributed by atoms with Crippen molar-refractivity contribution in [1.82, 2.24) is 10.6 Å². The van der Waals surface area contributed by atoms with Crippen LogP contribution in [0.2, 0.25) is 0 Å². The molecule has 0 aliphatic rings. The highest BCUT2D eigenvalue weighted by molar-refractivity contribution is 7.80. The largest absolute Gasteiger partial charge is 0.494 e. The number of unbranched alkanes of at least 4 members (excludes halogenated alkanes) is 2. The average Bonchev–Trinajstić information content (AvgIpc) is 3.35. The molecule has 0 bridgehead atoms. The standard InChI is InChI=1S/C25H27N3O4S/c1-2-3-6-15-31-19-13-11-18(12-14-19)23(29)28-25(33)27-22-10-5-4-9-21(22)24(30)26-17-20-8-7-16-32-20/h4-5,7-14,16H,2-3,6,15,17H2,1H3,(H,26,30)(H2,27,28,29,33). The van der Waals surface area contributed by atoms with E-state index in [0.29, 0.717) is 29.2 Å². The van der Waals surface area contributed by atoms with Crippen molar-refractivity contribution in [2.45, 2.75) is 32.7 Å². The molecule has 2 aromatic carbocycles. The molecule has 7 nitrogen and oxygen atoms in total. The van der Waals surface area contributed by atoms with Gasteiger partial charge in [-0.3, -0.25) is 14.9 Å². The Morgan fingerprint density at radius 2 is 1.76 bits per heavy atom. The number of carbonyl (C=O) groups is 2. The minimum absolute atomic E-state index is 0.0891. The quantitative estimate of drug-likeness (QED) is 0.291. The number of hydrogen-bond acceptors (Lipinski definition) is 5. The first kappa shape index (κ1) is 24.0. The maximum absolute atomic E-state index is 12.6. The molecule has 3 aromatic rings. The summed E-state index contributed by atoms with van der Waals surface area (Å²) in [4.78, 5) is 25.1. The van der Waals surface area contributed by atoms with Crippen molar-refractivity contribution in [2.75, 3.05) is 11.9 Å². The van der Waals surface area contributed by atoms with Gasteiger partial charge in [0.15, 0.2) is 5.11 Å². The van der Waals surface area contributed by atoms with Crippen molar-refractivity contribution in [2.24, 2.45) is 0 Å². The Hall–Kier alpha value is -3.65. The van der Waals surface area contributed by atoms with E-state index >= 15 is 0 Å². The summed E-state index contributed by atoms with van der Waals surface area (Å²) < 4.78 is 10.9. The van der Waals surface area contributed by atoms with E-state index in [0.717, 1.165) is 25.0 Å². The maximum Gasteiger partial charge on any atom is 0.257 e. The van der Waals surface area contributed by atoms with Crippen molar-refractivity contribution in [1.29, 1.82) is 0 Å². The number of para-hydroxylation sites is 1. The van der Waals surface area contributed by atoms with E-state index in [1.165, 1.54) is 0 Å². The molecule has 1 heterocycles. The molecule has 0 spiro atoms. The molecule has 0 radical (unpaired) electrons. The number of carbonyl (C=O) groups excluding carboxylic acids is 2. The molecule has 8 heteroatoms. The van der Waals surface area contributed by atoms with Crippen molar-refractivity contribution < 1.29 is 18.7 Å². The Morgan fingerprint density at radius 3 is 2.48 bits per heavy atom. The van der Waals surface area contributed by atoms with E-state index in [1.54, 1.807) is 66.9 Å². The van der Waals surface area contributed by atoms with Crippen LogP contribution in [-0.2, 0) is 6.54 Å². The normalized spacial score (nSPS) is 10.3. The molecule has 2 amide bonds. The summed E-state index contributed by atoms with van der Waals surface area (Å²) in [6.45, 7) is 3.06. The molecule has 172 valence electrons. The minimum atomic E-state index is -0.357. The van der Waals surface area contributed by atoms with Gasteiger partial charge in [0, 0.05) is 5.56 Å². The summed E-state index contributed by atoms with van der Waals surface area (Å²) in [5.41, 5.74) is 1.32. The monoisotopic (exact) mass is 465 g/mol. The second kappa shape index (κ2) is 12.4. The topological polar surface area (TPSA) is 92.6 Å². The summed E-state index contributed by atoms with van der Waals surface area (Å²) in [5, 5.41) is 8.45. The lowest BCUT2D eigenvalue weighted by molar-refractivity contribution is 0.0947. The van der Waals surface area contributed by atoms with Crippen LogP contribution in [0.25, 0.3) is 0 Å². The lowest BCUT2D eigenvalue weighted by Crippen LogP contribution is -2.35. The number of ether oxygens (including phenoxy) is 1. The van der Waals surface area contributed by atoms with Crippen molar-refractivity contribution >= 4 is 34.8 Å². The van der Waals surface area contributed by atoms with Gasteiger partial charge in [0.2, 0.25) is 0 Å². The molecule has 3 rings (SSSR count). The average molecular weight is 466 g/mol. The number of benzene rings is 2. The molecule has 0 saturated heterocycles. The van der Waals surface area contributed by atoms with Gasteiger partial charge in [0.1, 0.15) is 11.5 Å². The van der Waals surface area contributed by atoms with Crippen LogP contribution in [0.15, 0.2) is 71.3 Å². The second-order valence-corrected chi connectivity index (χ2v) is 7.70. The van der Waals surface area contributed by atoms with Gasteiger partial charge in [-0.25, -0.2) is 0 Å². The summed E-state index contributed by atoms with van der Waals surface area (Å²) >= 11 is 5.28. The first-order chi connectivity index (χ1) is 16.1. The van der Waals surface area contributed by atoms with Crippen LogP contribution in [0.4, 0.5) is 5.69 Å². The molecule has 33 heavy (non-hydrogen) atoms. The maximum atomic E-state index is 12.6. The number of nitrogens with one attached hydrogen (secondary N) is 3. The van der Waals surface area contributed by atoms with E-state index in [-0.39, 0.29) is 23.5 Å². The predicted octanol–water partition coefficient (Wildman–Crippen LogP) is 4.91. The number of furan rings is 1. The Morgan fingerprint density at radius 1 is 0.970 bits per heavy atom. The molecule has 0 saturated carbocycles. The fourth-order valence-electron chi connectivity index (χ4n) is 3.04. The Kier molecular flexibility index (Phi) is 9.02. The lowest BCUT2D eigenvalue weighted by Gasteiger charge is -2.13. The van der Waals surface area contributed by atoms with E-state index < -0.39 is 0 Å². The van der Waals surface area contributed by atoms with Gasteiger partial charge in [-0.2, -0.15) is 0 Å².